The molecule has 5 N–H and O–H groups in total. The number of aliphatic hydroxyl groups is 1. The number of carbonyl (C=O) groups is 1. The summed E-state index contributed by atoms with van der Waals surface area (Å²) in [5.74, 6) is -0.581. The highest BCUT2D eigenvalue weighted by molar-refractivity contribution is 8.11. The number of aliphatic hydroxyl groups excluding tert-OH is 1. The zero-order valence-corrected chi connectivity index (χ0v) is 10.9. The summed E-state index contributed by atoms with van der Waals surface area (Å²) < 4.78 is 0.246. The van der Waals surface area contributed by atoms with Gasteiger partial charge in [-0.05, 0) is 0 Å². The lowest BCUT2D eigenvalue weighted by atomic mass is 10.2. The molecule has 0 aliphatic heterocycles. The average molecular weight is 285 g/mol. The van der Waals surface area contributed by atoms with E-state index in [1.807, 2.05) is 0 Å². The van der Waals surface area contributed by atoms with Gasteiger partial charge in [0.1, 0.15) is 14.9 Å². The maximum absolute atomic E-state index is 10.7. The Hall–Kier alpha value is -0.0900. The number of hydrogen-bond donors (Lipinski definition) is 6. The van der Waals surface area contributed by atoms with E-state index in [0.717, 1.165) is 0 Å². The fraction of sp³-hybridized carbons (Fsp3) is 0.500. The van der Waals surface area contributed by atoms with Gasteiger partial charge in [0.2, 0.25) is 5.91 Å². The predicted octanol–water partition coefficient (Wildman–Crippen LogP) is -0.843. The average Bonchev–Trinajstić information content (AvgIpc) is 1.99. The van der Waals surface area contributed by atoms with Crippen LogP contribution in [0.5, 0.6) is 0 Å². The van der Waals surface area contributed by atoms with E-state index in [1.165, 1.54) is 0 Å². The minimum absolute atomic E-state index is 0.101. The van der Waals surface area contributed by atoms with Crippen LogP contribution in [0, 0.1) is 0 Å². The van der Waals surface area contributed by atoms with Gasteiger partial charge in [0.05, 0.1) is 12.5 Å². The van der Waals surface area contributed by atoms with Crippen molar-refractivity contribution < 1.29 is 9.90 Å². The molecule has 0 spiro atoms. The second-order valence-corrected chi connectivity index (χ2v) is 4.94. The molecule has 0 bridgehead atoms. The fourth-order valence-corrected chi connectivity index (χ4v) is 1.41. The maximum Gasteiger partial charge on any atom is 0.219 e. The van der Waals surface area contributed by atoms with Gasteiger partial charge in [-0.15, -0.1) is 25.3 Å². The lowest BCUT2D eigenvalue weighted by molar-refractivity contribution is -0.119. The van der Waals surface area contributed by atoms with Crippen molar-refractivity contribution in [3.8, 4) is 0 Å². The first kappa shape index (κ1) is 14.9. The summed E-state index contributed by atoms with van der Waals surface area (Å²) in [4.78, 5) is 10.7. The van der Waals surface area contributed by atoms with Crippen molar-refractivity contribution >= 4 is 64.2 Å². The van der Waals surface area contributed by atoms with E-state index in [0.29, 0.717) is 0 Å². The molecular formula is C6H11N3O2S4. The first-order valence-corrected chi connectivity index (χ1v) is 5.49. The first-order chi connectivity index (χ1) is 6.82. The van der Waals surface area contributed by atoms with E-state index in [9.17, 15) is 9.90 Å². The highest BCUT2D eigenvalue weighted by atomic mass is 32.1. The fourth-order valence-electron chi connectivity index (χ4n) is 0.844. The van der Waals surface area contributed by atoms with Crippen LogP contribution in [0.1, 0.15) is 6.42 Å². The SMILES string of the molecule is NC(=O)CC(NC(=S)S)C(O)NC(=S)S. The largest absolute Gasteiger partial charge is 0.372 e. The molecule has 0 aliphatic rings. The molecule has 2 unspecified atom stereocenters. The topological polar surface area (TPSA) is 87.4 Å². The molecule has 2 atom stereocenters. The zero-order valence-electron chi connectivity index (χ0n) is 7.51. The number of hydrogen-bond acceptors (Lipinski definition) is 4. The quantitative estimate of drug-likeness (QED) is 0.224. The molecule has 0 saturated heterocycles. The molecule has 0 heterocycles. The van der Waals surface area contributed by atoms with E-state index in [4.69, 9.17) is 5.73 Å². The zero-order chi connectivity index (χ0) is 12.0. The number of nitrogens with two attached hydrogens (primary N) is 1. The Balaban J connectivity index is 4.38. The summed E-state index contributed by atoms with van der Waals surface area (Å²) in [6.45, 7) is 0. The molecule has 86 valence electrons. The number of carbonyl (C=O) groups excluding carboxylic acids is 1. The molecule has 0 aromatic rings. The van der Waals surface area contributed by atoms with Crippen molar-refractivity contribution in [1.29, 1.82) is 0 Å². The number of rotatable bonds is 5. The van der Waals surface area contributed by atoms with Crippen LogP contribution in [0.25, 0.3) is 0 Å². The Bertz CT molecular complexity index is 257. The lowest BCUT2D eigenvalue weighted by Crippen LogP contribution is -2.51. The third kappa shape index (κ3) is 7.79. The van der Waals surface area contributed by atoms with Crippen LogP contribution in [-0.2, 0) is 4.79 Å². The molecule has 0 aromatic carbocycles. The van der Waals surface area contributed by atoms with Crippen molar-refractivity contribution in [3.63, 3.8) is 0 Å². The van der Waals surface area contributed by atoms with Crippen LogP contribution in [0.2, 0.25) is 0 Å². The first-order valence-electron chi connectivity index (χ1n) is 3.78. The number of thiocarbonyl (C=S) groups is 2. The standard InChI is InChI=1S/C6H11N3O2S4/c7-3(10)1-2(8-5(12)13)4(11)9-6(14)15/h2,4,11H,1H2,(H2,7,10)(H2,8,12,13)(H2,9,14,15). The molecule has 1 amide bonds. The van der Waals surface area contributed by atoms with Crippen LogP contribution in [0.15, 0.2) is 0 Å². The van der Waals surface area contributed by atoms with Gasteiger partial charge in [-0.2, -0.15) is 0 Å². The summed E-state index contributed by atoms with van der Waals surface area (Å²) in [5.41, 5.74) is 5.00. The second-order valence-electron chi connectivity index (χ2n) is 2.62. The maximum atomic E-state index is 10.7. The normalized spacial score (nSPS) is 13.8. The Morgan fingerprint density at radius 3 is 2.13 bits per heavy atom. The molecule has 15 heavy (non-hydrogen) atoms. The molecule has 0 fully saturated rings. The van der Waals surface area contributed by atoms with Crippen LogP contribution in [-0.4, -0.2) is 31.9 Å². The van der Waals surface area contributed by atoms with Gasteiger partial charge in [0, 0.05) is 0 Å². The van der Waals surface area contributed by atoms with Gasteiger partial charge in [-0.25, -0.2) is 0 Å². The summed E-state index contributed by atoms with van der Waals surface area (Å²) in [7, 11) is 0. The van der Waals surface area contributed by atoms with E-state index in [2.05, 4.69) is 60.3 Å². The van der Waals surface area contributed by atoms with Gasteiger partial charge in [-0.1, -0.05) is 24.4 Å². The molecule has 0 rings (SSSR count). The van der Waals surface area contributed by atoms with Gasteiger partial charge >= 0.3 is 0 Å². The monoisotopic (exact) mass is 285 g/mol. The van der Waals surface area contributed by atoms with Crippen molar-refractivity contribution in [2.24, 2.45) is 5.73 Å². The van der Waals surface area contributed by atoms with E-state index in [-0.39, 0.29) is 15.1 Å². The van der Waals surface area contributed by atoms with Gasteiger partial charge < -0.3 is 21.5 Å². The summed E-state index contributed by atoms with van der Waals surface area (Å²) in [6, 6.07) is -0.697. The molecule has 0 saturated carbocycles. The number of primary amides is 1. The molecule has 9 heteroatoms. The molecule has 0 radical (unpaired) electrons. The van der Waals surface area contributed by atoms with Crippen molar-refractivity contribution in [2.45, 2.75) is 18.7 Å². The minimum atomic E-state index is -1.12. The van der Waals surface area contributed by atoms with Crippen LogP contribution < -0.4 is 16.4 Å². The molecular weight excluding hydrogens is 274 g/mol. The van der Waals surface area contributed by atoms with Crippen LogP contribution >= 0.6 is 49.7 Å². The minimum Gasteiger partial charge on any atom is -0.372 e. The van der Waals surface area contributed by atoms with Crippen molar-refractivity contribution in [3.05, 3.63) is 0 Å². The van der Waals surface area contributed by atoms with Crippen molar-refractivity contribution in [2.75, 3.05) is 0 Å². The van der Waals surface area contributed by atoms with Gasteiger partial charge in [0.15, 0.2) is 0 Å². The smallest absolute Gasteiger partial charge is 0.219 e. The Kier molecular flexibility index (Phi) is 7.18. The third-order valence-corrected chi connectivity index (χ3v) is 1.88. The van der Waals surface area contributed by atoms with Crippen LogP contribution in [0.3, 0.4) is 0 Å². The van der Waals surface area contributed by atoms with Gasteiger partial charge in [-0.3, -0.25) is 4.79 Å². The van der Waals surface area contributed by atoms with Crippen molar-refractivity contribution in [1.82, 2.24) is 10.6 Å². The summed E-state index contributed by atoms with van der Waals surface area (Å²) in [5, 5.41) is 14.6. The van der Waals surface area contributed by atoms with Gasteiger partial charge in [0.25, 0.3) is 0 Å². The Morgan fingerprint density at radius 2 is 1.80 bits per heavy atom. The third-order valence-electron chi connectivity index (χ3n) is 1.38. The van der Waals surface area contributed by atoms with Crippen LogP contribution in [0.4, 0.5) is 0 Å². The van der Waals surface area contributed by atoms with E-state index < -0.39 is 18.2 Å². The number of nitrogens with one attached hydrogen (secondary N) is 2. The molecule has 0 aromatic heterocycles. The Morgan fingerprint density at radius 1 is 1.33 bits per heavy atom. The highest BCUT2D eigenvalue weighted by Gasteiger charge is 2.21. The predicted molar refractivity (Wildman–Crippen MR) is 73.0 cm³/mol. The summed E-state index contributed by atoms with van der Waals surface area (Å²) >= 11 is 16.9. The second kappa shape index (κ2) is 7.23. The van der Waals surface area contributed by atoms with E-state index >= 15 is 0 Å². The molecule has 5 nitrogen and oxygen atoms in total. The highest BCUT2D eigenvalue weighted by Crippen LogP contribution is 1.99. The Labute approximate surface area is 109 Å². The lowest BCUT2D eigenvalue weighted by Gasteiger charge is -2.23. The number of thiol groups is 2. The number of amides is 1. The summed E-state index contributed by atoms with van der Waals surface area (Å²) in [6.07, 6.45) is -1.22. The molecule has 0 aliphatic carbocycles. The van der Waals surface area contributed by atoms with E-state index in [1.54, 1.807) is 0 Å².